The largest absolute Gasteiger partial charge is 0.674 e. The second-order valence-corrected chi connectivity index (χ2v) is 3.17. The van der Waals surface area contributed by atoms with E-state index in [0.29, 0.717) is 0 Å². The molecule has 0 atom stereocenters. The Kier molecular flexibility index (Phi) is 5.78. The number of hydrogen-bond acceptors (Lipinski definition) is 3. The molecule has 2 aromatic carbocycles. The van der Waals surface area contributed by atoms with Crippen molar-refractivity contribution in [3.63, 3.8) is 0 Å². The maximum atomic E-state index is 10.1. The van der Waals surface area contributed by atoms with E-state index in [1.54, 1.807) is 0 Å². The number of para-hydroxylation sites is 2. The molecule has 0 aliphatic heterocycles. The Balaban J connectivity index is 0.000000317. The van der Waals surface area contributed by atoms with Crippen LogP contribution in [0.4, 0.5) is 15.7 Å². The molecule has 0 spiro atoms. The van der Waals surface area contributed by atoms with Crippen LogP contribution in [0.1, 0.15) is 0 Å². The molecule has 0 unspecified atom stereocenters. The predicted octanol–water partition coefficient (Wildman–Crippen LogP) is 2.36. The van der Waals surface area contributed by atoms with Gasteiger partial charge in [-0.15, -0.1) is 0 Å². The zero-order valence-electron chi connectivity index (χ0n) is 9.12. The zero-order valence-corrected chi connectivity index (χ0v) is 9.12. The van der Waals surface area contributed by atoms with Gasteiger partial charge in [-0.3, -0.25) is 4.32 Å². The van der Waals surface area contributed by atoms with E-state index in [9.17, 15) is 4.32 Å². The predicted molar refractivity (Wildman–Crippen MR) is 67.5 cm³/mol. The van der Waals surface area contributed by atoms with Crippen LogP contribution in [0.25, 0.3) is 0 Å². The van der Waals surface area contributed by atoms with Crippen molar-refractivity contribution in [3.8, 4) is 0 Å². The van der Waals surface area contributed by atoms with Crippen LogP contribution in [-0.2, 0) is 0 Å². The van der Waals surface area contributed by atoms with Crippen molar-refractivity contribution in [3.05, 3.63) is 60.7 Å². The maximum Gasteiger partial charge on any atom is 0.674 e. The van der Waals surface area contributed by atoms with Gasteiger partial charge in [0.2, 0.25) is 0 Å². The Morgan fingerprint density at radius 1 is 0.765 bits per heavy atom. The van der Waals surface area contributed by atoms with Crippen molar-refractivity contribution < 1.29 is 14.4 Å². The summed E-state index contributed by atoms with van der Waals surface area (Å²) in [6.07, 6.45) is 0. The van der Waals surface area contributed by atoms with Gasteiger partial charge < -0.3 is 15.4 Å². The molecule has 3 nitrogen and oxygen atoms in total. The molecule has 2 rings (SSSR count). The third kappa shape index (κ3) is 6.34. The monoisotopic (exact) mass is 233 g/mol. The van der Waals surface area contributed by atoms with Gasteiger partial charge in [0, 0.05) is 11.4 Å². The van der Waals surface area contributed by atoms with E-state index in [0.717, 1.165) is 11.4 Å². The molecular weight excluding hydrogens is 220 g/mol. The molecule has 0 bridgehead atoms. The van der Waals surface area contributed by atoms with Crippen molar-refractivity contribution in [1.82, 2.24) is 0 Å². The van der Waals surface area contributed by atoms with Gasteiger partial charge in [0.05, 0.1) is 0 Å². The Labute approximate surface area is 99.7 Å². The summed E-state index contributed by atoms with van der Waals surface area (Å²) in [4.78, 5) is 0. The first-order valence-electron chi connectivity index (χ1n) is 5.06. The fourth-order valence-electron chi connectivity index (χ4n) is 1.21. The van der Waals surface area contributed by atoms with Crippen molar-refractivity contribution in [2.24, 2.45) is 0 Å². The molecular formula is C12H13BFNO2. The van der Waals surface area contributed by atoms with Crippen LogP contribution in [0.3, 0.4) is 0 Å². The summed E-state index contributed by atoms with van der Waals surface area (Å²) in [6, 6.07) is 20.3. The minimum absolute atomic E-state index is 1.12. The smallest absolute Gasteiger partial charge is 0.398 e. The lowest BCUT2D eigenvalue weighted by Gasteiger charge is -2.04. The molecule has 0 fully saturated rings. The van der Waals surface area contributed by atoms with E-state index >= 15 is 0 Å². The van der Waals surface area contributed by atoms with Gasteiger partial charge in [-0.05, 0) is 24.3 Å². The maximum absolute atomic E-state index is 10.1. The normalized spacial score (nSPS) is 8.88. The summed E-state index contributed by atoms with van der Waals surface area (Å²) in [5, 5.41) is 17.2. The van der Waals surface area contributed by atoms with Crippen LogP contribution < -0.4 is 5.32 Å². The second-order valence-electron chi connectivity index (χ2n) is 3.17. The number of halogens is 1. The molecule has 17 heavy (non-hydrogen) atoms. The first-order chi connectivity index (χ1) is 8.18. The molecule has 2 aromatic rings. The quantitative estimate of drug-likeness (QED) is 0.698. The van der Waals surface area contributed by atoms with E-state index in [1.165, 1.54) is 0 Å². The molecule has 0 aliphatic rings. The molecule has 0 saturated heterocycles. The topological polar surface area (TPSA) is 52.5 Å². The Hall–Kier alpha value is -1.85. The van der Waals surface area contributed by atoms with Gasteiger partial charge in [-0.2, -0.15) is 0 Å². The Morgan fingerprint density at radius 3 is 1.35 bits per heavy atom. The van der Waals surface area contributed by atoms with Gasteiger partial charge in [0.1, 0.15) is 0 Å². The number of hydrogen-bond donors (Lipinski definition) is 3. The molecule has 0 amide bonds. The second kappa shape index (κ2) is 7.43. The average Bonchev–Trinajstić information content (AvgIpc) is 2.31. The highest BCUT2D eigenvalue weighted by Gasteiger charge is 1.97. The lowest BCUT2D eigenvalue weighted by Crippen LogP contribution is -1.98. The third-order valence-corrected chi connectivity index (χ3v) is 1.84. The summed E-state index contributed by atoms with van der Waals surface area (Å²) < 4.78 is 10.1. The Morgan fingerprint density at radius 2 is 1.06 bits per heavy atom. The molecule has 0 aromatic heterocycles. The standard InChI is InChI=1S/C12H11N.BFH2O2/c1-3-7-11(8-4-1)13-12-9-5-2-6-10-12;2-1(3)4/h1-10,13H;3-4H. The number of anilines is 2. The minimum atomic E-state index is -2.67. The summed E-state index contributed by atoms with van der Waals surface area (Å²) in [5.74, 6) is 0. The molecule has 88 valence electrons. The lowest BCUT2D eigenvalue weighted by molar-refractivity contribution is 0.340. The third-order valence-electron chi connectivity index (χ3n) is 1.84. The minimum Gasteiger partial charge on any atom is -0.398 e. The van der Waals surface area contributed by atoms with Gasteiger partial charge in [-0.25, -0.2) is 0 Å². The van der Waals surface area contributed by atoms with E-state index in [-0.39, 0.29) is 0 Å². The summed E-state index contributed by atoms with van der Waals surface area (Å²) >= 11 is 0. The fourth-order valence-corrected chi connectivity index (χ4v) is 1.21. The first kappa shape index (κ1) is 13.2. The van der Waals surface area contributed by atoms with E-state index in [1.807, 2.05) is 60.7 Å². The summed E-state index contributed by atoms with van der Waals surface area (Å²) in [5.41, 5.74) is 2.24. The lowest BCUT2D eigenvalue weighted by atomic mass is 10.3. The van der Waals surface area contributed by atoms with Gasteiger partial charge in [0.25, 0.3) is 0 Å². The summed E-state index contributed by atoms with van der Waals surface area (Å²) in [6.45, 7) is 0. The van der Waals surface area contributed by atoms with Crippen molar-refractivity contribution in [2.75, 3.05) is 5.32 Å². The molecule has 0 aliphatic carbocycles. The van der Waals surface area contributed by atoms with Gasteiger partial charge in [-0.1, -0.05) is 36.4 Å². The highest BCUT2D eigenvalue weighted by atomic mass is 19.1. The van der Waals surface area contributed by atoms with Gasteiger partial charge >= 0.3 is 7.40 Å². The van der Waals surface area contributed by atoms with E-state index in [4.69, 9.17) is 10.0 Å². The van der Waals surface area contributed by atoms with Crippen molar-refractivity contribution in [1.29, 1.82) is 0 Å². The van der Waals surface area contributed by atoms with Crippen LogP contribution in [-0.4, -0.2) is 17.4 Å². The van der Waals surface area contributed by atoms with Crippen molar-refractivity contribution in [2.45, 2.75) is 0 Å². The zero-order chi connectivity index (χ0) is 12.5. The molecule has 5 heteroatoms. The average molecular weight is 233 g/mol. The van der Waals surface area contributed by atoms with Crippen molar-refractivity contribution >= 4 is 18.8 Å². The van der Waals surface area contributed by atoms with E-state index in [2.05, 4.69) is 5.32 Å². The molecule has 0 saturated carbocycles. The molecule has 3 N–H and O–H groups in total. The van der Waals surface area contributed by atoms with E-state index < -0.39 is 7.40 Å². The highest BCUT2D eigenvalue weighted by molar-refractivity contribution is 6.31. The van der Waals surface area contributed by atoms with Crippen LogP contribution in [0.15, 0.2) is 60.7 Å². The number of rotatable bonds is 2. The summed E-state index contributed by atoms with van der Waals surface area (Å²) in [7, 11) is -2.67. The van der Waals surface area contributed by atoms with Gasteiger partial charge in [0.15, 0.2) is 0 Å². The fraction of sp³-hybridized carbons (Fsp3) is 0. The van der Waals surface area contributed by atoms with Crippen LogP contribution in [0.5, 0.6) is 0 Å². The van der Waals surface area contributed by atoms with Crippen LogP contribution >= 0.6 is 0 Å². The van der Waals surface area contributed by atoms with Crippen LogP contribution in [0, 0.1) is 0 Å². The molecule has 0 heterocycles. The number of nitrogens with one attached hydrogen (secondary N) is 1. The SMILES string of the molecule is OB(O)F.c1ccc(Nc2ccccc2)cc1. The Bertz CT molecular complexity index is 371. The number of benzene rings is 2. The highest BCUT2D eigenvalue weighted by Crippen LogP contribution is 2.14. The molecule has 0 radical (unpaired) electrons. The van der Waals surface area contributed by atoms with Crippen LogP contribution in [0.2, 0.25) is 0 Å². The first-order valence-corrected chi connectivity index (χ1v) is 5.06.